The number of carbonyl (C=O) groups excluding carboxylic acids is 1. The fraction of sp³-hybridized carbons (Fsp3) is 0.300. The zero-order valence-corrected chi connectivity index (χ0v) is 9.88. The van der Waals surface area contributed by atoms with Crippen LogP contribution < -0.4 is 16.4 Å². The summed E-state index contributed by atoms with van der Waals surface area (Å²) < 4.78 is 0.940. The molecule has 0 saturated carbocycles. The van der Waals surface area contributed by atoms with Gasteiger partial charge in [-0.3, -0.25) is 4.79 Å². The van der Waals surface area contributed by atoms with Gasteiger partial charge in [-0.1, -0.05) is 22.0 Å². The van der Waals surface area contributed by atoms with Crippen molar-refractivity contribution in [1.82, 2.24) is 5.32 Å². The second-order valence-corrected chi connectivity index (χ2v) is 3.94. The monoisotopic (exact) mass is 271 g/mol. The van der Waals surface area contributed by atoms with Crippen LogP contribution in [0.15, 0.2) is 28.7 Å². The zero-order valence-electron chi connectivity index (χ0n) is 8.29. The summed E-state index contributed by atoms with van der Waals surface area (Å²) in [5.74, 6) is -0.0680. The van der Waals surface area contributed by atoms with Crippen LogP contribution in [0, 0.1) is 0 Å². The van der Waals surface area contributed by atoms with E-state index in [-0.39, 0.29) is 12.5 Å². The summed E-state index contributed by atoms with van der Waals surface area (Å²) in [6.07, 6.45) is 0. The van der Waals surface area contributed by atoms with E-state index >= 15 is 0 Å². The highest BCUT2D eigenvalue weighted by Gasteiger charge is 2.00. The predicted octanol–water partition coefficient (Wildman–Crippen LogP) is 0.936. The Morgan fingerprint density at radius 2 is 2.27 bits per heavy atom. The average molecular weight is 272 g/mol. The zero-order chi connectivity index (χ0) is 11.1. The summed E-state index contributed by atoms with van der Waals surface area (Å²) in [4.78, 5) is 11.4. The number of anilines is 1. The van der Waals surface area contributed by atoms with E-state index < -0.39 is 0 Å². The Morgan fingerprint density at radius 1 is 1.47 bits per heavy atom. The third-order valence-corrected chi connectivity index (χ3v) is 2.21. The number of halogens is 1. The quantitative estimate of drug-likeness (QED) is 0.699. The van der Waals surface area contributed by atoms with Crippen LogP contribution in [0.25, 0.3) is 0 Å². The molecule has 1 amide bonds. The van der Waals surface area contributed by atoms with Crippen molar-refractivity contribution in [3.05, 3.63) is 28.7 Å². The topological polar surface area (TPSA) is 67.1 Å². The van der Waals surface area contributed by atoms with Crippen LogP contribution in [-0.4, -0.2) is 25.5 Å². The lowest BCUT2D eigenvalue weighted by atomic mass is 10.3. The Hall–Kier alpha value is -0.910. The maximum Gasteiger partial charge on any atom is 0.238 e. The van der Waals surface area contributed by atoms with E-state index in [4.69, 9.17) is 5.73 Å². The van der Waals surface area contributed by atoms with Crippen LogP contribution in [0.3, 0.4) is 0 Å². The summed E-state index contributed by atoms with van der Waals surface area (Å²) in [5.41, 5.74) is 6.07. The molecule has 0 spiro atoms. The van der Waals surface area contributed by atoms with E-state index in [1.807, 2.05) is 24.3 Å². The number of nitrogens with two attached hydrogens (primary N) is 1. The molecule has 1 aromatic carbocycles. The largest absolute Gasteiger partial charge is 0.329 e. The van der Waals surface area contributed by atoms with E-state index in [0.717, 1.165) is 10.2 Å². The number of amides is 1. The first kappa shape index (κ1) is 12.2. The molecule has 0 unspecified atom stereocenters. The number of rotatable bonds is 5. The van der Waals surface area contributed by atoms with Gasteiger partial charge in [-0.05, 0) is 18.2 Å². The Labute approximate surface area is 97.4 Å². The number of hydrogen-bond acceptors (Lipinski definition) is 3. The molecule has 1 aromatic rings. The van der Waals surface area contributed by atoms with Crippen LogP contribution in [-0.2, 0) is 4.79 Å². The molecule has 0 aromatic heterocycles. The third-order valence-electron chi connectivity index (χ3n) is 1.72. The minimum absolute atomic E-state index is 0.0680. The molecule has 1 rings (SSSR count). The summed E-state index contributed by atoms with van der Waals surface area (Å²) in [6.45, 7) is 1.46. The van der Waals surface area contributed by atoms with Crippen LogP contribution in [0.1, 0.15) is 0 Å². The number of carbonyl (C=O) groups is 1. The average Bonchev–Trinajstić information content (AvgIpc) is 2.18. The van der Waals surface area contributed by atoms with Crippen LogP contribution in [0.4, 0.5) is 5.69 Å². The van der Waals surface area contributed by atoms with Gasteiger partial charge in [-0.15, -0.1) is 0 Å². The molecule has 0 bridgehead atoms. The molecule has 0 atom stereocenters. The second-order valence-electron chi connectivity index (χ2n) is 3.02. The van der Waals surface area contributed by atoms with Gasteiger partial charge in [0.05, 0.1) is 6.54 Å². The highest BCUT2D eigenvalue weighted by molar-refractivity contribution is 9.10. The van der Waals surface area contributed by atoms with E-state index in [1.54, 1.807) is 0 Å². The normalized spacial score (nSPS) is 10.0. The molecule has 15 heavy (non-hydrogen) atoms. The highest BCUT2D eigenvalue weighted by atomic mass is 79.9. The third kappa shape index (κ3) is 4.92. The lowest BCUT2D eigenvalue weighted by Gasteiger charge is -2.06. The van der Waals surface area contributed by atoms with Gasteiger partial charge in [-0.25, -0.2) is 0 Å². The number of benzene rings is 1. The van der Waals surface area contributed by atoms with Crippen molar-refractivity contribution in [2.24, 2.45) is 5.73 Å². The molecule has 4 nitrogen and oxygen atoms in total. The Morgan fingerprint density at radius 3 is 2.93 bits per heavy atom. The maximum atomic E-state index is 11.4. The summed E-state index contributed by atoms with van der Waals surface area (Å²) >= 11 is 3.33. The SMILES string of the molecule is NCCNCC(=O)Nc1cccc(Br)c1. The summed E-state index contributed by atoms with van der Waals surface area (Å²) in [5, 5.41) is 5.69. The van der Waals surface area contributed by atoms with Crippen molar-refractivity contribution in [1.29, 1.82) is 0 Å². The van der Waals surface area contributed by atoms with Gasteiger partial charge in [0.25, 0.3) is 0 Å². The summed E-state index contributed by atoms with van der Waals surface area (Å²) in [6, 6.07) is 7.46. The molecule has 0 saturated heterocycles. The number of nitrogens with one attached hydrogen (secondary N) is 2. The fourth-order valence-electron chi connectivity index (χ4n) is 1.08. The van der Waals surface area contributed by atoms with E-state index in [1.165, 1.54) is 0 Å². The molecule has 4 N–H and O–H groups in total. The van der Waals surface area contributed by atoms with Crippen molar-refractivity contribution < 1.29 is 4.79 Å². The maximum absolute atomic E-state index is 11.4. The van der Waals surface area contributed by atoms with Gasteiger partial charge < -0.3 is 16.4 Å². The Bertz CT molecular complexity index is 330. The molecule has 0 heterocycles. The van der Waals surface area contributed by atoms with Crippen LogP contribution in [0.5, 0.6) is 0 Å². The van der Waals surface area contributed by atoms with Crippen molar-refractivity contribution >= 4 is 27.5 Å². The minimum Gasteiger partial charge on any atom is -0.329 e. The standard InChI is InChI=1S/C10H14BrN3O/c11-8-2-1-3-9(6-8)14-10(15)7-13-5-4-12/h1-3,6,13H,4-5,7,12H2,(H,14,15). The first-order chi connectivity index (χ1) is 7.22. The second kappa shape index (κ2) is 6.55. The van der Waals surface area contributed by atoms with E-state index in [0.29, 0.717) is 13.1 Å². The molecular formula is C10H14BrN3O. The van der Waals surface area contributed by atoms with Gasteiger partial charge in [0.15, 0.2) is 0 Å². The predicted molar refractivity (Wildman–Crippen MR) is 64.7 cm³/mol. The Balaban J connectivity index is 2.37. The van der Waals surface area contributed by atoms with Gasteiger partial charge in [0, 0.05) is 23.2 Å². The van der Waals surface area contributed by atoms with Crippen molar-refractivity contribution in [2.45, 2.75) is 0 Å². The molecule has 0 fully saturated rings. The van der Waals surface area contributed by atoms with Crippen molar-refractivity contribution in [3.8, 4) is 0 Å². The van der Waals surface area contributed by atoms with Gasteiger partial charge in [-0.2, -0.15) is 0 Å². The minimum atomic E-state index is -0.0680. The Kier molecular flexibility index (Phi) is 5.31. The molecule has 0 radical (unpaired) electrons. The van der Waals surface area contributed by atoms with E-state index in [9.17, 15) is 4.79 Å². The van der Waals surface area contributed by atoms with Crippen LogP contribution in [0.2, 0.25) is 0 Å². The van der Waals surface area contributed by atoms with Gasteiger partial charge >= 0.3 is 0 Å². The van der Waals surface area contributed by atoms with Crippen LogP contribution >= 0.6 is 15.9 Å². The first-order valence-corrected chi connectivity index (χ1v) is 5.48. The van der Waals surface area contributed by atoms with Crippen molar-refractivity contribution in [2.75, 3.05) is 25.0 Å². The summed E-state index contributed by atoms with van der Waals surface area (Å²) in [7, 11) is 0. The molecule has 0 aliphatic rings. The van der Waals surface area contributed by atoms with Gasteiger partial charge in [0.1, 0.15) is 0 Å². The van der Waals surface area contributed by atoms with Crippen molar-refractivity contribution in [3.63, 3.8) is 0 Å². The number of hydrogen-bond donors (Lipinski definition) is 3. The molecule has 5 heteroatoms. The highest BCUT2D eigenvalue weighted by Crippen LogP contribution is 2.15. The molecule has 0 aliphatic carbocycles. The fourth-order valence-corrected chi connectivity index (χ4v) is 1.47. The molecule has 82 valence electrons. The lowest BCUT2D eigenvalue weighted by molar-refractivity contribution is -0.115. The molecule has 0 aliphatic heterocycles. The van der Waals surface area contributed by atoms with Gasteiger partial charge in [0.2, 0.25) is 5.91 Å². The molecular weight excluding hydrogens is 258 g/mol. The first-order valence-electron chi connectivity index (χ1n) is 4.68. The lowest BCUT2D eigenvalue weighted by Crippen LogP contribution is -2.31. The van der Waals surface area contributed by atoms with E-state index in [2.05, 4.69) is 26.6 Å². The smallest absolute Gasteiger partial charge is 0.238 e.